The Morgan fingerprint density at radius 2 is 1.71 bits per heavy atom. The van der Waals surface area contributed by atoms with E-state index in [2.05, 4.69) is 16.0 Å². The highest BCUT2D eigenvalue weighted by molar-refractivity contribution is 6.03. The summed E-state index contributed by atoms with van der Waals surface area (Å²) in [7, 11) is 0. The minimum Gasteiger partial charge on any atom is -0.480 e. The van der Waals surface area contributed by atoms with E-state index in [0.29, 0.717) is 17.7 Å². The molecule has 0 heterocycles. The van der Waals surface area contributed by atoms with Gasteiger partial charge in [-0.05, 0) is 31.4 Å². The number of rotatable bonds is 11. The summed E-state index contributed by atoms with van der Waals surface area (Å²) in [5, 5.41) is 16.6. The molecule has 9 nitrogen and oxygen atoms in total. The zero-order chi connectivity index (χ0) is 21.3. The Balaban J connectivity index is 2.83. The predicted molar refractivity (Wildman–Crippen MR) is 105 cm³/mol. The van der Waals surface area contributed by atoms with Crippen molar-refractivity contribution in [1.82, 2.24) is 10.6 Å². The molecule has 0 fully saturated rings. The molecular weight excluding hydrogens is 364 g/mol. The second kappa shape index (κ2) is 11.0. The van der Waals surface area contributed by atoms with Crippen LogP contribution in [-0.2, 0) is 14.4 Å². The molecule has 1 aromatic carbocycles. The molecule has 2 atom stereocenters. The number of anilines is 1. The maximum atomic E-state index is 12.6. The van der Waals surface area contributed by atoms with Gasteiger partial charge in [-0.1, -0.05) is 26.0 Å². The molecule has 0 radical (unpaired) electrons. The number of amides is 2. The summed E-state index contributed by atoms with van der Waals surface area (Å²) >= 11 is 0. The van der Waals surface area contributed by atoms with Crippen LogP contribution in [0.4, 0.5) is 5.69 Å². The number of hydrogen-bond acceptors (Lipinski definition) is 6. The van der Waals surface area contributed by atoms with E-state index in [0.717, 1.165) is 0 Å². The number of hydrogen-bond donors (Lipinski definition) is 5. The van der Waals surface area contributed by atoms with Crippen molar-refractivity contribution in [2.24, 2.45) is 11.7 Å². The van der Waals surface area contributed by atoms with Crippen molar-refractivity contribution >= 4 is 29.3 Å². The van der Waals surface area contributed by atoms with E-state index in [-0.39, 0.29) is 18.2 Å². The normalized spacial score (nSPS) is 12.8. The fourth-order valence-electron chi connectivity index (χ4n) is 2.55. The van der Waals surface area contributed by atoms with Gasteiger partial charge in [0.15, 0.2) is 5.78 Å². The molecule has 0 aliphatic carbocycles. The summed E-state index contributed by atoms with van der Waals surface area (Å²) in [6.07, 6.45) is 0.353. The molecule has 1 aromatic rings. The lowest BCUT2D eigenvalue weighted by Crippen LogP contribution is -2.51. The molecule has 0 saturated heterocycles. The molecule has 2 amide bonds. The van der Waals surface area contributed by atoms with E-state index in [9.17, 15) is 19.2 Å². The van der Waals surface area contributed by atoms with Crippen LogP contribution in [0.3, 0.4) is 0 Å². The van der Waals surface area contributed by atoms with Crippen molar-refractivity contribution in [3.05, 3.63) is 29.8 Å². The average molecular weight is 392 g/mol. The number of aliphatic carboxylic acids is 1. The number of nitrogens with two attached hydrogens (primary N) is 1. The van der Waals surface area contributed by atoms with Crippen LogP contribution in [0.5, 0.6) is 0 Å². The first-order valence-corrected chi connectivity index (χ1v) is 9.04. The lowest BCUT2D eigenvalue weighted by molar-refractivity contribution is -0.138. The molecule has 0 bridgehead atoms. The highest BCUT2D eigenvalue weighted by atomic mass is 16.4. The van der Waals surface area contributed by atoms with Crippen LogP contribution in [0.1, 0.15) is 37.6 Å². The number of ketones is 1. The SMILES string of the molecule is CC(C)CC(NC(=O)C(C)Nc1ccccc1C(=O)CN)C(=O)NCC(=O)O. The molecule has 154 valence electrons. The zero-order valence-electron chi connectivity index (χ0n) is 16.3. The van der Waals surface area contributed by atoms with Gasteiger partial charge < -0.3 is 26.8 Å². The third-order valence-electron chi connectivity index (χ3n) is 3.93. The van der Waals surface area contributed by atoms with E-state index in [4.69, 9.17) is 10.8 Å². The summed E-state index contributed by atoms with van der Waals surface area (Å²) < 4.78 is 0. The Morgan fingerprint density at radius 1 is 1.07 bits per heavy atom. The quantitative estimate of drug-likeness (QED) is 0.341. The van der Waals surface area contributed by atoms with Gasteiger partial charge in [0.2, 0.25) is 11.8 Å². The van der Waals surface area contributed by atoms with Gasteiger partial charge >= 0.3 is 5.97 Å². The van der Waals surface area contributed by atoms with Gasteiger partial charge in [-0.15, -0.1) is 0 Å². The fourth-order valence-corrected chi connectivity index (χ4v) is 2.55. The van der Waals surface area contributed by atoms with E-state index in [1.807, 2.05) is 13.8 Å². The molecule has 0 aliphatic heterocycles. The van der Waals surface area contributed by atoms with Crippen LogP contribution < -0.4 is 21.7 Å². The molecule has 0 saturated carbocycles. The maximum absolute atomic E-state index is 12.6. The van der Waals surface area contributed by atoms with Gasteiger partial charge in [-0.25, -0.2) is 0 Å². The summed E-state index contributed by atoms with van der Waals surface area (Å²) in [6.45, 7) is 4.70. The monoisotopic (exact) mass is 392 g/mol. The predicted octanol–water partition coefficient (Wildman–Crippen LogP) is 0.360. The van der Waals surface area contributed by atoms with Crippen molar-refractivity contribution in [3.8, 4) is 0 Å². The Hall–Kier alpha value is -2.94. The topological polar surface area (TPSA) is 151 Å². The standard InChI is InChI=1S/C19H28N4O5/c1-11(2)8-15(19(28)21-10-17(25)26)23-18(27)12(3)22-14-7-5-4-6-13(14)16(24)9-20/h4-7,11-12,15,22H,8-10,20H2,1-3H3,(H,21,28)(H,23,27)(H,25,26). The van der Waals surface area contributed by atoms with Crippen LogP contribution in [0.15, 0.2) is 24.3 Å². The number of carbonyl (C=O) groups is 4. The van der Waals surface area contributed by atoms with Gasteiger partial charge in [0.25, 0.3) is 0 Å². The van der Waals surface area contributed by atoms with Crippen molar-refractivity contribution < 1.29 is 24.3 Å². The number of carboxylic acid groups (broad SMARTS) is 1. The first-order chi connectivity index (χ1) is 13.1. The third kappa shape index (κ3) is 7.36. The van der Waals surface area contributed by atoms with Crippen LogP contribution in [0.25, 0.3) is 0 Å². The molecule has 6 N–H and O–H groups in total. The number of benzene rings is 1. The second-order valence-electron chi connectivity index (χ2n) is 6.84. The van der Waals surface area contributed by atoms with Gasteiger partial charge in [-0.2, -0.15) is 0 Å². The highest BCUT2D eigenvalue weighted by Crippen LogP contribution is 2.16. The number of Topliss-reactive ketones (excluding diaryl/α,β-unsaturated/α-hetero) is 1. The third-order valence-corrected chi connectivity index (χ3v) is 3.93. The zero-order valence-corrected chi connectivity index (χ0v) is 16.3. The Kier molecular flexibility index (Phi) is 9.10. The smallest absolute Gasteiger partial charge is 0.322 e. The summed E-state index contributed by atoms with van der Waals surface area (Å²) in [6, 6.07) is 5.09. The first kappa shape index (κ1) is 23.1. The Labute approximate surface area is 164 Å². The number of nitrogens with one attached hydrogen (secondary N) is 3. The number of para-hydroxylation sites is 1. The number of carbonyl (C=O) groups excluding carboxylic acids is 3. The summed E-state index contributed by atoms with van der Waals surface area (Å²) in [5.41, 5.74) is 6.26. The molecule has 28 heavy (non-hydrogen) atoms. The van der Waals surface area contributed by atoms with Gasteiger partial charge in [0.1, 0.15) is 18.6 Å². The van der Waals surface area contributed by atoms with Crippen LogP contribution in [-0.4, -0.2) is 53.8 Å². The van der Waals surface area contributed by atoms with Crippen molar-refractivity contribution in [2.75, 3.05) is 18.4 Å². The van der Waals surface area contributed by atoms with Crippen molar-refractivity contribution in [1.29, 1.82) is 0 Å². The lowest BCUT2D eigenvalue weighted by Gasteiger charge is -2.23. The van der Waals surface area contributed by atoms with Crippen molar-refractivity contribution in [3.63, 3.8) is 0 Å². The van der Waals surface area contributed by atoms with E-state index < -0.39 is 36.4 Å². The minimum absolute atomic E-state index is 0.104. The second-order valence-corrected chi connectivity index (χ2v) is 6.84. The van der Waals surface area contributed by atoms with Crippen molar-refractivity contribution in [2.45, 2.75) is 39.3 Å². The van der Waals surface area contributed by atoms with Crippen LogP contribution in [0.2, 0.25) is 0 Å². The molecule has 0 aliphatic rings. The molecule has 9 heteroatoms. The highest BCUT2D eigenvalue weighted by Gasteiger charge is 2.25. The molecule has 2 unspecified atom stereocenters. The van der Waals surface area contributed by atoms with Gasteiger partial charge in [-0.3, -0.25) is 19.2 Å². The largest absolute Gasteiger partial charge is 0.480 e. The first-order valence-electron chi connectivity index (χ1n) is 9.04. The van der Waals surface area contributed by atoms with E-state index >= 15 is 0 Å². The van der Waals surface area contributed by atoms with Gasteiger partial charge in [0.05, 0.1) is 6.54 Å². The molecule has 1 rings (SSSR count). The molecule has 0 spiro atoms. The van der Waals surface area contributed by atoms with E-state index in [1.54, 1.807) is 31.2 Å². The fraction of sp³-hybridized carbons (Fsp3) is 0.474. The lowest BCUT2D eigenvalue weighted by atomic mass is 10.0. The maximum Gasteiger partial charge on any atom is 0.322 e. The molecular formula is C19H28N4O5. The number of carboxylic acids is 1. The van der Waals surface area contributed by atoms with Gasteiger partial charge in [0, 0.05) is 11.3 Å². The van der Waals surface area contributed by atoms with Crippen LogP contribution >= 0.6 is 0 Å². The Bertz CT molecular complexity index is 720. The molecule has 0 aromatic heterocycles. The minimum atomic E-state index is -1.17. The average Bonchev–Trinajstić information content (AvgIpc) is 2.64. The summed E-state index contributed by atoms with van der Waals surface area (Å²) in [4.78, 5) is 47.3. The van der Waals surface area contributed by atoms with Crippen LogP contribution in [0, 0.1) is 5.92 Å². The van der Waals surface area contributed by atoms with E-state index in [1.165, 1.54) is 0 Å². The Morgan fingerprint density at radius 3 is 2.29 bits per heavy atom. The summed E-state index contributed by atoms with van der Waals surface area (Å²) in [5.74, 6) is -2.34.